The Balaban J connectivity index is 1.19. The standard InChI is InChI=1S/C25H29N3O4/c1-2-31-19-9-7-18(8-10-19)15-22(29)28-13-11-24(12-14-28)16-25(17-32-24)26-21-6-4-3-5-20(21)23(30)27-25/h3-10,26H,2,11-17H2,1H3,(H,27,30). The number of rotatable bonds is 4. The van der Waals surface area contributed by atoms with E-state index < -0.39 is 5.66 Å². The molecular formula is C25H29N3O4. The molecule has 7 heteroatoms. The number of nitrogens with one attached hydrogen (secondary N) is 2. The van der Waals surface area contributed by atoms with Crippen LogP contribution in [0, 0.1) is 0 Å². The van der Waals surface area contributed by atoms with Crippen LogP contribution in [0.4, 0.5) is 5.69 Å². The zero-order chi connectivity index (χ0) is 22.2. The minimum Gasteiger partial charge on any atom is -0.494 e. The van der Waals surface area contributed by atoms with Crippen molar-refractivity contribution >= 4 is 17.5 Å². The van der Waals surface area contributed by atoms with Crippen LogP contribution in [0.25, 0.3) is 0 Å². The fourth-order valence-corrected chi connectivity index (χ4v) is 5.09. The summed E-state index contributed by atoms with van der Waals surface area (Å²) in [5.41, 5.74) is 1.60. The summed E-state index contributed by atoms with van der Waals surface area (Å²) in [4.78, 5) is 27.4. The van der Waals surface area contributed by atoms with E-state index in [1.165, 1.54) is 0 Å². The molecule has 2 aromatic rings. The lowest BCUT2D eigenvalue weighted by molar-refractivity contribution is -0.135. The van der Waals surface area contributed by atoms with Crippen LogP contribution in [0.3, 0.4) is 0 Å². The first-order valence-corrected chi connectivity index (χ1v) is 11.3. The molecule has 2 aromatic carbocycles. The third-order valence-corrected chi connectivity index (χ3v) is 6.76. The predicted molar refractivity (Wildman–Crippen MR) is 121 cm³/mol. The molecule has 0 saturated carbocycles. The van der Waals surface area contributed by atoms with Crippen LogP contribution in [0.1, 0.15) is 42.1 Å². The molecule has 2 saturated heterocycles. The van der Waals surface area contributed by atoms with Crippen molar-refractivity contribution in [3.05, 3.63) is 59.7 Å². The second-order valence-corrected chi connectivity index (χ2v) is 8.99. The Kier molecular flexibility index (Phi) is 5.29. The van der Waals surface area contributed by atoms with Gasteiger partial charge in [-0.15, -0.1) is 0 Å². The molecule has 0 aliphatic carbocycles. The van der Waals surface area contributed by atoms with Gasteiger partial charge in [0.15, 0.2) is 0 Å². The van der Waals surface area contributed by atoms with Crippen molar-refractivity contribution in [2.24, 2.45) is 0 Å². The second kappa shape index (κ2) is 8.13. The molecule has 3 aliphatic rings. The molecule has 3 heterocycles. The average Bonchev–Trinajstić information content (AvgIpc) is 3.12. The van der Waals surface area contributed by atoms with Crippen LogP contribution in [0.5, 0.6) is 5.75 Å². The first-order chi connectivity index (χ1) is 15.5. The van der Waals surface area contributed by atoms with E-state index in [0.29, 0.717) is 44.7 Å². The number of likely N-dealkylation sites (tertiary alicyclic amines) is 1. The van der Waals surface area contributed by atoms with Gasteiger partial charge in [-0.2, -0.15) is 0 Å². The molecule has 1 unspecified atom stereocenters. The number of fused-ring (bicyclic) bond motifs is 1. The van der Waals surface area contributed by atoms with Crippen LogP contribution in [-0.4, -0.2) is 54.3 Å². The number of carbonyl (C=O) groups is 2. The number of benzene rings is 2. The van der Waals surface area contributed by atoms with Gasteiger partial charge in [0.05, 0.1) is 30.8 Å². The molecule has 3 aliphatic heterocycles. The lowest BCUT2D eigenvalue weighted by Gasteiger charge is -2.41. The fraction of sp³-hybridized carbons (Fsp3) is 0.440. The number of hydrogen-bond donors (Lipinski definition) is 2. The summed E-state index contributed by atoms with van der Waals surface area (Å²) in [6.07, 6.45) is 2.62. The molecule has 2 fully saturated rings. The molecular weight excluding hydrogens is 406 g/mol. The van der Waals surface area contributed by atoms with E-state index in [9.17, 15) is 9.59 Å². The Morgan fingerprint density at radius 3 is 2.59 bits per heavy atom. The largest absolute Gasteiger partial charge is 0.494 e. The maximum Gasteiger partial charge on any atom is 0.255 e. The van der Waals surface area contributed by atoms with Crippen LogP contribution >= 0.6 is 0 Å². The van der Waals surface area contributed by atoms with Gasteiger partial charge >= 0.3 is 0 Å². The third-order valence-electron chi connectivity index (χ3n) is 6.76. The highest BCUT2D eigenvalue weighted by atomic mass is 16.5. The monoisotopic (exact) mass is 435 g/mol. The topological polar surface area (TPSA) is 79.9 Å². The Morgan fingerprint density at radius 2 is 1.84 bits per heavy atom. The summed E-state index contributed by atoms with van der Waals surface area (Å²) in [5.74, 6) is 0.889. The van der Waals surface area contributed by atoms with Gasteiger partial charge < -0.3 is 25.0 Å². The van der Waals surface area contributed by atoms with Gasteiger partial charge in [0.25, 0.3) is 5.91 Å². The molecule has 0 bridgehead atoms. The third kappa shape index (κ3) is 3.93. The van der Waals surface area contributed by atoms with Gasteiger partial charge in [0.1, 0.15) is 11.4 Å². The van der Waals surface area contributed by atoms with Crippen molar-refractivity contribution in [3.63, 3.8) is 0 Å². The molecule has 168 valence electrons. The molecule has 0 aromatic heterocycles. The van der Waals surface area contributed by atoms with Gasteiger partial charge in [0.2, 0.25) is 5.91 Å². The van der Waals surface area contributed by atoms with E-state index in [1.807, 2.05) is 60.4 Å². The predicted octanol–water partition coefficient (Wildman–Crippen LogP) is 2.96. The number of piperidine rings is 1. The van der Waals surface area contributed by atoms with Gasteiger partial charge in [-0.1, -0.05) is 24.3 Å². The Bertz CT molecular complexity index is 1010. The molecule has 7 nitrogen and oxygen atoms in total. The summed E-state index contributed by atoms with van der Waals surface area (Å²) in [5, 5.41) is 6.64. The van der Waals surface area contributed by atoms with Crippen molar-refractivity contribution < 1.29 is 19.1 Å². The van der Waals surface area contributed by atoms with Crippen molar-refractivity contribution in [2.75, 3.05) is 31.6 Å². The van der Waals surface area contributed by atoms with Crippen molar-refractivity contribution in [2.45, 2.75) is 43.9 Å². The summed E-state index contributed by atoms with van der Waals surface area (Å²) in [6, 6.07) is 15.3. The Morgan fingerprint density at radius 1 is 1.09 bits per heavy atom. The lowest BCUT2D eigenvalue weighted by atomic mass is 9.84. The summed E-state index contributed by atoms with van der Waals surface area (Å²) in [6.45, 7) is 4.33. The first-order valence-electron chi connectivity index (χ1n) is 11.3. The zero-order valence-electron chi connectivity index (χ0n) is 18.4. The molecule has 32 heavy (non-hydrogen) atoms. The Labute approximate surface area is 188 Å². The summed E-state index contributed by atoms with van der Waals surface area (Å²) < 4.78 is 11.8. The number of nitrogens with zero attached hydrogens (tertiary/aromatic N) is 1. The number of carbonyl (C=O) groups excluding carboxylic acids is 2. The minimum absolute atomic E-state index is 0.0667. The second-order valence-electron chi connectivity index (χ2n) is 8.99. The molecule has 1 atom stereocenters. The smallest absolute Gasteiger partial charge is 0.255 e. The summed E-state index contributed by atoms with van der Waals surface area (Å²) in [7, 11) is 0. The van der Waals surface area contributed by atoms with Crippen LogP contribution in [0.2, 0.25) is 0 Å². The molecule has 2 spiro atoms. The van der Waals surface area contributed by atoms with Crippen LogP contribution in [-0.2, 0) is 16.0 Å². The number of ether oxygens (including phenoxy) is 2. The number of anilines is 1. The summed E-state index contributed by atoms with van der Waals surface area (Å²) >= 11 is 0. The SMILES string of the molecule is CCOc1ccc(CC(=O)N2CCC3(CC2)CC2(CO3)NC(=O)c3ccccc3N2)cc1. The van der Waals surface area contributed by atoms with Gasteiger partial charge in [-0.25, -0.2) is 0 Å². The molecule has 0 radical (unpaired) electrons. The van der Waals surface area contributed by atoms with E-state index in [2.05, 4.69) is 10.6 Å². The van der Waals surface area contributed by atoms with E-state index in [-0.39, 0.29) is 17.4 Å². The molecule has 5 rings (SSSR count). The number of para-hydroxylation sites is 1. The molecule has 2 amide bonds. The highest BCUT2D eigenvalue weighted by Crippen LogP contribution is 2.42. The van der Waals surface area contributed by atoms with Crippen molar-refractivity contribution in [1.82, 2.24) is 10.2 Å². The first kappa shape index (κ1) is 20.8. The quantitative estimate of drug-likeness (QED) is 0.772. The van der Waals surface area contributed by atoms with E-state index in [4.69, 9.17) is 9.47 Å². The fourth-order valence-electron chi connectivity index (χ4n) is 5.09. The van der Waals surface area contributed by atoms with E-state index in [0.717, 1.165) is 29.8 Å². The van der Waals surface area contributed by atoms with Crippen molar-refractivity contribution in [1.29, 1.82) is 0 Å². The van der Waals surface area contributed by atoms with Crippen LogP contribution in [0.15, 0.2) is 48.5 Å². The number of amides is 2. The maximum absolute atomic E-state index is 12.8. The van der Waals surface area contributed by atoms with Crippen LogP contribution < -0.4 is 15.4 Å². The Hall–Kier alpha value is -3.06. The van der Waals surface area contributed by atoms with Crippen molar-refractivity contribution in [3.8, 4) is 5.75 Å². The highest BCUT2D eigenvalue weighted by molar-refractivity contribution is 6.02. The van der Waals surface area contributed by atoms with E-state index >= 15 is 0 Å². The van der Waals surface area contributed by atoms with Gasteiger partial charge in [-0.05, 0) is 49.6 Å². The number of hydrogen-bond acceptors (Lipinski definition) is 5. The minimum atomic E-state index is -0.583. The van der Waals surface area contributed by atoms with Gasteiger partial charge in [0, 0.05) is 25.2 Å². The zero-order valence-corrected chi connectivity index (χ0v) is 18.4. The lowest BCUT2D eigenvalue weighted by Crippen LogP contribution is -2.59. The molecule has 2 N–H and O–H groups in total. The van der Waals surface area contributed by atoms with Gasteiger partial charge in [-0.3, -0.25) is 9.59 Å². The maximum atomic E-state index is 12.8. The highest BCUT2D eigenvalue weighted by Gasteiger charge is 2.53. The normalized spacial score (nSPS) is 23.5. The van der Waals surface area contributed by atoms with E-state index in [1.54, 1.807) is 0 Å². The average molecular weight is 436 g/mol.